The summed E-state index contributed by atoms with van der Waals surface area (Å²) in [4.78, 5) is 30.4. The number of Topliss-reactive ketones (excluding diaryl/α,β-unsaturated/α-hetero) is 1. The lowest BCUT2D eigenvalue weighted by atomic mass is 9.84. The lowest BCUT2D eigenvalue weighted by molar-refractivity contribution is -0.136. The third-order valence-corrected chi connectivity index (χ3v) is 7.28. The highest BCUT2D eigenvalue weighted by molar-refractivity contribution is 6.00. The van der Waals surface area contributed by atoms with Crippen LogP contribution in [0.1, 0.15) is 43.5 Å². The van der Waals surface area contributed by atoms with Crippen molar-refractivity contribution < 1.29 is 14.3 Å². The maximum atomic E-state index is 13.2. The van der Waals surface area contributed by atoms with Gasteiger partial charge in [0.2, 0.25) is 5.91 Å². The van der Waals surface area contributed by atoms with E-state index < -0.39 is 5.60 Å². The molecule has 27 heavy (non-hydrogen) atoms. The van der Waals surface area contributed by atoms with Crippen LogP contribution < -0.4 is 4.74 Å². The second-order valence-corrected chi connectivity index (χ2v) is 8.97. The Hall–Kier alpha value is -1.88. The second-order valence-electron chi connectivity index (χ2n) is 8.97. The van der Waals surface area contributed by atoms with Crippen molar-refractivity contribution in [1.29, 1.82) is 0 Å². The summed E-state index contributed by atoms with van der Waals surface area (Å²) in [7, 11) is 0. The molecule has 0 bridgehead atoms. The fourth-order valence-corrected chi connectivity index (χ4v) is 5.77. The molecule has 1 aromatic carbocycles. The first-order valence-corrected chi connectivity index (χ1v) is 10.3. The summed E-state index contributed by atoms with van der Waals surface area (Å²) in [6, 6.07) is 8.08. The van der Waals surface area contributed by atoms with Crippen LogP contribution >= 0.6 is 0 Å². The van der Waals surface area contributed by atoms with Gasteiger partial charge in [0.25, 0.3) is 0 Å². The first kappa shape index (κ1) is 17.2. The Balaban J connectivity index is 1.31. The molecule has 0 N–H and O–H groups in total. The number of amides is 1. The molecule has 2 saturated carbocycles. The van der Waals surface area contributed by atoms with Crippen LogP contribution in [0.2, 0.25) is 0 Å². The molecule has 4 atom stereocenters. The molecule has 2 aliphatic heterocycles. The van der Waals surface area contributed by atoms with Gasteiger partial charge in [-0.1, -0.05) is 12.1 Å². The van der Waals surface area contributed by atoms with E-state index in [2.05, 4.69) is 18.7 Å². The van der Waals surface area contributed by atoms with E-state index in [9.17, 15) is 9.59 Å². The monoisotopic (exact) mass is 368 g/mol. The molecule has 1 spiro atoms. The van der Waals surface area contributed by atoms with E-state index in [4.69, 9.17) is 4.74 Å². The Morgan fingerprint density at radius 3 is 2.67 bits per heavy atom. The van der Waals surface area contributed by atoms with Crippen molar-refractivity contribution in [1.82, 2.24) is 9.80 Å². The quantitative estimate of drug-likeness (QED) is 0.805. The smallest absolute Gasteiger partial charge is 0.226 e. The van der Waals surface area contributed by atoms with Crippen LogP contribution in [0.4, 0.5) is 0 Å². The summed E-state index contributed by atoms with van der Waals surface area (Å²) in [5, 5.41) is 0. The molecular formula is C22H28N2O3. The minimum atomic E-state index is -0.448. The number of fused-ring (bicyclic) bond motifs is 3. The van der Waals surface area contributed by atoms with E-state index in [1.807, 2.05) is 29.2 Å². The number of ketones is 1. The Morgan fingerprint density at radius 1 is 1.19 bits per heavy atom. The number of para-hydroxylation sites is 1. The molecule has 2 heterocycles. The highest BCUT2D eigenvalue weighted by Gasteiger charge is 2.71. The zero-order chi connectivity index (χ0) is 18.8. The van der Waals surface area contributed by atoms with Gasteiger partial charge in [0, 0.05) is 44.1 Å². The molecule has 1 amide bonds. The number of hydrogen-bond acceptors (Lipinski definition) is 4. The summed E-state index contributed by atoms with van der Waals surface area (Å²) in [6.07, 6.45) is 2.33. The first-order chi connectivity index (χ1) is 13.0. The van der Waals surface area contributed by atoms with Crippen LogP contribution in [-0.2, 0) is 4.79 Å². The van der Waals surface area contributed by atoms with Crippen molar-refractivity contribution in [2.45, 2.75) is 44.8 Å². The summed E-state index contributed by atoms with van der Waals surface area (Å²) in [5.74, 6) is 1.84. The first-order valence-electron chi connectivity index (χ1n) is 10.3. The highest BCUT2D eigenvalue weighted by atomic mass is 16.5. The average Bonchev–Trinajstić information content (AvgIpc) is 3.32. The molecule has 5 rings (SSSR count). The third-order valence-electron chi connectivity index (χ3n) is 7.28. The number of benzene rings is 1. The van der Waals surface area contributed by atoms with E-state index in [-0.39, 0.29) is 17.6 Å². The van der Waals surface area contributed by atoms with E-state index in [1.54, 1.807) is 0 Å². The molecule has 144 valence electrons. The number of hydrogen-bond donors (Lipinski definition) is 0. The fraction of sp³-hybridized carbons (Fsp3) is 0.636. The topological polar surface area (TPSA) is 49.9 Å². The van der Waals surface area contributed by atoms with Crippen molar-refractivity contribution >= 4 is 11.7 Å². The SMILES string of the molecule is CC(C)N1CCN(C(=O)[C@@H]2[C@@H]3CC[C@@]4(CC(=O)c5ccccc5O4)[C@@H]32)CC1. The maximum Gasteiger partial charge on any atom is 0.226 e. The van der Waals surface area contributed by atoms with Crippen molar-refractivity contribution in [2.24, 2.45) is 17.8 Å². The average molecular weight is 368 g/mol. The van der Waals surface area contributed by atoms with E-state index in [0.717, 1.165) is 39.0 Å². The van der Waals surface area contributed by atoms with Crippen molar-refractivity contribution in [3.8, 4) is 5.75 Å². The molecule has 1 aromatic rings. The Kier molecular flexibility index (Phi) is 3.87. The summed E-state index contributed by atoms with van der Waals surface area (Å²) >= 11 is 0. The summed E-state index contributed by atoms with van der Waals surface area (Å²) < 4.78 is 6.42. The molecular weight excluding hydrogens is 340 g/mol. The van der Waals surface area contributed by atoms with Gasteiger partial charge in [-0.15, -0.1) is 0 Å². The molecule has 5 nitrogen and oxygen atoms in total. The lowest BCUT2D eigenvalue weighted by Crippen LogP contribution is -2.52. The Labute approximate surface area is 160 Å². The van der Waals surface area contributed by atoms with Crippen LogP contribution in [0.5, 0.6) is 5.75 Å². The summed E-state index contributed by atoms with van der Waals surface area (Å²) in [6.45, 7) is 7.98. The largest absolute Gasteiger partial charge is 0.486 e. The van der Waals surface area contributed by atoms with Crippen LogP contribution in [0.3, 0.4) is 0 Å². The van der Waals surface area contributed by atoms with Gasteiger partial charge in [-0.05, 0) is 44.7 Å². The second kappa shape index (κ2) is 6.06. The number of rotatable bonds is 2. The van der Waals surface area contributed by atoms with Gasteiger partial charge in [0.15, 0.2) is 5.78 Å². The van der Waals surface area contributed by atoms with Gasteiger partial charge in [0.05, 0.1) is 12.0 Å². The van der Waals surface area contributed by atoms with Gasteiger partial charge in [-0.3, -0.25) is 14.5 Å². The number of carbonyl (C=O) groups excluding carboxylic acids is 2. The van der Waals surface area contributed by atoms with Crippen molar-refractivity contribution in [3.63, 3.8) is 0 Å². The predicted octanol–water partition coefficient (Wildman–Crippen LogP) is 2.60. The van der Waals surface area contributed by atoms with Crippen LogP contribution in [0, 0.1) is 17.8 Å². The van der Waals surface area contributed by atoms with E-state index in [1.165, 1.54) is 0 Å². The molecule has 0 radical (unpaired) electrons. The van der Waals surface area contributed by atoms with Gasteiger partial charge in [-0.25, -0.2) is 0 Å². The normalized spacial score (nSPS) is 35.1. The number of nitrogens with zero attached hydrogens (tertiary/aromatic N) is 2. The number of piperazine rings is 1. The molecule has 1 saturated heterocycles. The van der Waals surface area contributed by atoms with E-state index in [0.29, 0.717) is 35.6 Å². The summed E-state index contributed by atoms with van der Waals surface area (Å²) in [5.41, 5.74) is 0.246. The van der Waals surface area contributed by atoms with Crippen LogP contribution in [0.15, 0.2) is 24.3 Å². The Bertz CT molecular complexity index is 784. The number of ether oxygens (including phenoxy) is 1. The highest BCUT2D eigenvalue weighted by Crippen LogP contribution is 2.66. The Morgan fingerprint density at radius 2 is 1.93 bits per heavy atom. The predicted molar refractivity (Wildman–Crippen MR) is 102 cm³/mol. The molecule has 2 aliphatic carbocycles. The van der Waals surface area contributed by atoms with Crippen molar-refractivity contribution in [3.05, 3.63) is 29.8 Å². The van der Waals surface area contributed by atoms with Gasteiger partial charge in [-0.2, -0.15) is 0 Å². The maximum absolute atomic E-state index is 13.2. The standard InChI is InChI=1S/C22H28N2O3/c1-14(2)23-9-11-24(12-10-23)21(26)19-16-7-8-22(20(16)19)13-17(25)15-5-3-4-6-18(15)27-22/h3-6,14,16,19-20H,7-13H2,1-2H3/t16-,19+,20-,22+/m0/s1. The van der Waals surface area contributed by atoms with Crippen molar-refractivity contribution in [2.75, 3.05) is 26.2 Å². The molecule has 0 unspecified atom stereocenters. The fourth-order valence-electron chi connectivity index (χ4n) is 5.77. The third kappa shape index (κ3) is 2.62. The number of carbonyl (C=O) groups is 2. The van der Waals surface area contributed by atoms with Crippen LogP contribution in [-0.4, -0.2) is 59.3 Å². The molecule has 4 aliphatic rings. The molecule has 5 heteroatoms. The molecule has 0 aromatic heterocycles. The molecule has 3 fully saturated rings. The minimum Gasteiger partial charge on any atom is -0.486 e. The van der Waals surface area contributed by atoms with Gasteiger partial charge >= 0.3 is 0 Å². The van der Waals surface area contributed by atoms with E-state index >= 15 is 0 Å². The minimum absolute atomic E-state index is 0.0578. The lowest BCUT2D eigenvalue weighted by Gasteiger charge is -2.39. The van der Waals surface area contributed by atoms with Gasteiger partial charge in [0.1, 0.15) is 11.4 Å². The van der Waals surface area contributed by atoms with Crippen LogP contribution in [0.25, 0.3) is 0 Å². The zero-order valence-electron chi connectivity index (χ0n) is 16.2. The van der Waals surface area contributed by atoms with Gasteiger partial charge < -0.3 is 9.64 Å². The zero-order valence-corrected chi connectivity index (χ0v) is 16.2.